The van der Waals surface area contributed by atoms with Gasteiger partial charge in [-0.15, -0.1) is 0 Å². The van der Waals surface area contributed by atoms with Crippen LogP contribution in [0.25, 0.3) is 11.0 Å². The van der Waals surface area contributed by atoms with Crippen molar-refractivity contribution in [1.29, 1.82) is 0 Å². The molecule has 0 saturated carbocycles. The number of alkyl halides is 3. The van der Waals surface area contributed by atoms with E-state index in [1.54, 1.807) is 12.1 Å². The van der Waals surface area contributed by atoms with Crippen molar-refractivity contribution in [2.75, 3.05) is 19.6 Å². The van der Waals surface area contributed by atoms with Gasteiger partial charge in [0.25, 0.3) is 5.56 Å². The van der Waals surface area contributed by atoms with Crippen molar-refractivity contribution >= 4 is 16.9 Å². The van der Waals surface area contributed by atoms with E-state index in [1.165, 1.54) is 30.2 Å². The topological polar surface area (TPSA) is 67.2 Å². The van der Waals surface area contributed by atoms with Crippen molar-refractivity contribution in [2.45, 2.75) is 45.5 Å². The standard InChI is InChI=1S/C26H29F3N4O2/c1-17-7-9-20(10-8-17)16-32-13-11-19(12-14-32)15-30-24(34)18(2)33-22-6-4-3-5-21(22)31-23(25(33)35)26(27,28)29/h3-10,18-19H,11-16H2,1-2H3,(H,30,34)/t18-/m1/s1. The van der Waals surface area contributed by atoms with Crippen LogP contribution in [0, 0.1) is 12.8 Å². The zero-order valence-electron chi connectivity index (χ0n) is 19.8. The number of halogens is 3. The summed E-state index contributed by atoms with van der Waals surface area (Å²) in [7, 11) is 0. The van der Waals surface area contributed by atoms with Gasteiger partial charge < -0.3 is 5.32 Å². The van der Waals surface area contributed by atoms with Crippen molar-refractivity contribution in [2.24, 2.45) is 5.92 Å². The molecule has 6 nitrogen and oxygen atoms in total. The molecule has 0 aliphatic carbocycles. The number of piperidine rings is 1. The summed E-state index contributed by atoms with van der Waals surface area (Å²) < 4.78 is 41.1. The Labute approximate surface area is 201 Å². The first-order chi connectivity index (χ1) is 16.6. The van der Waals surface area contributed by atoms with Gasteiger partial charge in [-0.05, 0) is 63.4 Å². The minimum absolute atomic E-state index is 0.0139. The van der Waals surface area contributed by atoms with Crippen molar-refractivity contribution < 1.29 is 18.0 Å². The molecule has 9 heteroatoms. The maximum atomic E-state index is 13.4. The molecule has 0 radical (unpaired) electrons. The van der Waals surface area contributed by atoms with Crippen LogP contribution in [0.3, 0.4) is 0 Å². The summed E-state index contributed by atoms with van der Waals surface area (Å²) in [6.45, 7) is 6.63. The number of nitrogens with one attached hydrogen (secondary N) is 1. The SMILES string of the molecule is Cc1ccc(CN2CCC(CNC(=O)[C@@H](C)n3c(=O)c(C(F)(F)F)nc4ccccc43)CC2)cc1. The maximum absolute atomic E-state index is 13.4. The molecule has 0 spiro atoms. The minimum Gasteiger partial charge on any atom is -0.354 e. The van der Waals surface area contributed by atoms with Crippen LogP contribution in [0.1, 0.15) is 42.6 Å². The molecule has 35 heavy (non-hydrogen) atoms. The zero-order valence-corrected chi connectivity index (χ0v) is 19.8. The number of rotatable bonds is 6. The number of amides is 1. The Hall–Kier alpha value is -3.20. The normalized spacial score (nSPS) is 16.4. The third-order valence-electron chi connectivity index (χ3n) is 6.63. The molecular weight excluding hydrogens is 457 g/mol. The Morgan fingerprint density at radius 1 is 1.11 bits per heavy atom. The molecule has 186 valence electrons. The smallest absolute Gasteiger partial charge is 0.354 e. The average molecular weight is 487 g/mol. The molecule has 1 fully saturated rings. The molecule has 0 unspecified atom stereocenters. The van der Waals surface area contributed by atoms with Crippen LogP contribution >= 0.6 is 0 Å². The second-order valence-electron chi connectivity index (χ2n) is 9.25. The molecule has 2 heterocycles. The Balaban J connectivity index is 1.39. The first kappa shape index (κ1) is 24.9. The molecule has 3 aromatic rings. The second-order valence-corrected chi connectivity index (χ2v) is 9.25. The van der Waals surface area contributed by atoms with Crippen molar-refractivity contribution in [3.8, 4) is 0 Å². The number of benzene rings is 2. The van der Waals surface area contributed by atoms with Crippen LogP contribution in [0.2, 0.25) is 0 Å². The fourth-order valence-electron chi connectivity index (χ4n) is 4.53. The molecule has 1 saturated heterocycles. The van der Waals surface area contributed by atoms with E-state index in [-0.39, 0.29) is 17.0 Å². The van der Waals surface area contributed by atoms with Gasteiger partial charge in [-0.25, -0.2) is 4.98 Å². The lowest BCUT2D eigenvalue weighted by Gasteiger charge is -2.32. The second kappa shape index (κ2) is 10.2. The number of carbonyl (C=O) groups is 1. The third kappa shape index (κ3) is 5.73. The molecule has 1 aliphatic rings. The van der Waals surface area contributed by atoms with Gasteiger partial charge in [-0.1, -0.05) is 42.0 Å². The minimum atomic E-state index is -4.91. The van der Waals surface area contributed by atoms with Gasteiger partial charge in [-0.3, -0.25) is 19.1 Å². The molecule has 1 aromatic heterocycles. The van der Waals surface area contributed by atoms with Gasteiger partial charge in [0.1, 0.15) is 6.04 Å². The lowest BCUT2D eigenvalue weighted by atomic mass is 9.96. The fraction of sp³-hybridized carbons (Fsp3) is 0.423. The highest BCUT2D eigenvalue weighted by Gasteiger charge is 2.38. The van der Waals surface area contributed by atoms with Crippen LogP contribution in [0.5, 0.6) is 0 Å². The number of hydrogen-bond acceptors (Lipinski definition) is 4. The Kier molecular flexibility index (Phi) is 7.25. The number of para-hydroxylation sites is 2. The van der Waals surface area contributed by atoms with E-state index >= 15 is 0 Å². The molecule has 1 aliphatic heterocycles. The van der Waals surface area contributed by atoms with Crippen LogP contribution in [-0.4, -0.2) is 40.0 Å². The Morgan fingerprint density at radius 2 is 1.77 bits per heavy atom. The van der Waals surface area contributed by atoms with Crippen molar-refractivity contribution in [3.05, 3.63) is 75.7 Å². The lowest BCUT2D eigenvalue weighted by Crippen LogP contribution is -2.42. The first-order valence-corrected chi connectivity index (χ1v) is 11.8. The molecule has 2 aromatic carbocycles. The number of nitrogens with zero attached hydrogens (tertiary/aromatic N) is 3. The lowest BCUT2D eigenvalue weighted by molar-refractivity contribution is -0.142. The fourth-order valence-corrected chi connectivity index (χ4v) is 4.53. The van der Waals surface area contributed by atoms with Gasteiger partial charge >= 0.3 is 6.18 Å². The third-order valence-corrected chi connectivity index (χ3v) is 6.63. The van der Waals surface area contributed by atoms with E-state index in [4.69, 9.17) is 0 Å². The monoisotopic (exact) mass is 486 g/mol. The number of hydrogen-bond donors (Lipinski definition) is 1. The summed E-state index contributed by atoms with van der Waals surface area (Å²) in [5.41, 5.74) is -0.129. The summed E-state index contributed by atoms with van der Waals surface area (Å²) in [5.74, 6) is -0.212. The highest BCUT2D eigenvalue weighted by molar-refractivity contribution is 5.83. The predicted molar refractivity (Wildman–Crippen MR) is 128 cm³/mol. The van der Waals surface area contributed by atoms with Crippen LogP contribution in [0.15, 0.2) is 53.3 Å². The average Bonchev–Trinajstić information content (AvgIpc) is 2.83. The van der Waals surface area contributed by atoms with E-state index in [9.17, 15) is 22.8 Å². The van der Waals surface area contributed by atoms with Gasteiger partial charge in [-0.2, -0.15) is 13.2 Å². The zero-order chi connectivity index (χ0) is 25.2. The number of aryl methyl sites for hydroxylation is 1. The Bertz CT molecular complexity index is 1250. The maximum Gasteiger partial charge on any atom is 0.438 e. The predicted octanol–water partition coefficient (Wildman–Crippen LogP) is 4.31. The van der Waals surface area contributed by atoms with E-state index < -0.39 is 29.4 Å². The van der Waals surface area contributed by atoms with Gasteiger partial charge in [0, 0.05) is 13.1 Å². The highest BCUT2D eigenvalue weighted by Crippen LogP contribution is 2.27. The summed E-state index contributed by atoms with van der Waals surface area (Å²) in [4.78, 5) is 31.5. The molecule has 1 amide bonds. The summed E-state index contributed by atoms with van der Waals surface area (Å²) in [6, 6.07) is 13.4. The van der Waals surface area contributed by atoms with Gasteiger partial charge in [0.05, 0.1) is 11.0 Å². The van der Waals surface area contributed by atoms with Crippen LogP contribution in [0.4, 0.5) is 13.2 Å². The molecular formula is C26H29F3N4O2. The number of fused-ring (bicyclic) bond motifs is 1. The highest BCUT2D eigenvalue weighted by atomic mass is 19.4. The number of likely N-dealkylation sites (tertiary alicyclic amines) is 1. The van der Waals surface area contributed by atoms with E-state index in [0.29, 0.717) is 6.54 Å². The van der Waals surface area contributed by atoms with Gasteiger partial charge in [0.2, 0.25) is 11.6 Å². The van der Waals surface area contributed by atoms with Crippen LogP contribution in [-0.2, 0) is 17.5 Å². The first-order valence-electron chi connectivity index (χ1n) is 11.8. The number of aromatic nitrogens is 2. The Morgan fingerprint density at radius 3 is 2.43 bits per heavy atom. The van der Waals surface area contributed by atoms with E-state index in [2.05, 4.69) is 46.4 Å². The largest absolute Gasteiger partial charge is 0.438 e. The van der Waals surface area contributed by atoms with Crippen molar-refractivity contribution in [1.82, 2.24) is 19.8 Å². The summed E-state index contributed by atoms with van der Waals surface area (Å²) in [5, 5.41) is 2.85. The molecule has 1 N–H and O–H groups in total. The summed E-state index contributed by atoms with van der Waals surface area (Å²) in [6.07, 6.45) is -3.08. The number of carbonyl (C=O) groups excluding carboxylic acids is 1. The van der Waals surface area contributed by atoms with E-state index in [0.717, 1.165) is 37.0 Å². The molecule has 4 rings (SSSR count). The molecule has 1 atom stereocenters. The molecule has 0 bridgehead atoms. The summed E-state index contributed by atoms with van der Waals surface area (Å²) >= 11 is 0. The quantitative estimate of drug-likeness (QED) is 0.564. The van der Waals surface area contributed by atoms with Crippen molar-refractivity contribution in [3.63, 3.8) is 0 Å². The van der Waals surface area contributed by atoms with E-state index in [1.807, 2.05) is 0 Å². The van der Waals surface area contributed by atoms with Crippen LogP contribution < -0.4 is 10.9 Å². The van der Waals surface area contributed by atoms with Gasteiger partial charge in [0.15, 0.2) is 0 Å².